The smallest absolute Gasteiger partial charge is 0.235 e. The molecule has 1 fully saturated rings. The maximum atomic E-state index is 12.4. The number of aliphatic hydroxyl groups is 1. The highest BCUT2D eigenvalue weighted by molar-refractivity contribution is 7.80. The van der Waals surface area contributed by atoms with Crippen LogP contribution in [0, 0.1) is 11.3 Å². The third-order valence-electron chi connectivity index (χ3n) is 3.93. The van der Waals surface area contributed by atoms with Crippen molar-refractivity contribution in [3.8, 4) is 0 Å². The third kappa shape index (κ3) is 2.77. The van der Waals surface area contributed by atoms with E-state index >= 15 is 0 Å². The van der Waals surface area contributed by atoms with Crippen molar-refractivity contribution in [3.05, 3.63) is 0 Å². The molecule has 5 heteroatoms. The fraction of sp³-hybridized carbons (Fsp3) is 0.833. The fourth-order valence-electron chi connectivity index (χ4n) is 2.01. The minimum Gasteiger partial charge on any atom is -0.392 e. The van der Waals surface area contributed by atoms with E-state index in [9.17, 15) is 9.90 Å². The highest BCUT2D eigenvalue weighted by Crippen LogP contribution is 2.27. The number of thiocarbonyl (C=S) groups is 1. The Kier molecular flexibility index (Phi) is 4.49. The van der Waals surface area contributed by atoms with Crippen molar-refractivity contribution in [3.63, 3.8) is 0 Å². The second kappa shape index (κ2) is 5.31. The van der Waals surface area contributed by atoms with Gasteiger partial charge in [-0.3, -0.25) is 4.79 Å². The minimum absolute atomic E-state index is 0.0570. The van der Waals surface area contributed by atoms with Crippen molar-refractivity contribution in [2.24, 2.45) is 17.1 Å². The Bertz CT molecular complexity index is 322. The summed E-state index contributed by atoms with van der Waals surface area (Å²) in [5, 5.41) is 9.82. The van der Waals surface area contributed by atoms with Crippen molar-refractivity contribution < 1.29 is 9.90 Å². The number of nitrogens with two attached hydrogens (primary N) is 1. The van der Waals surface area contributed by atoms with E-state index in [0.29, 0.717) is 19.5 Å². The van der Waals surface area contributed by atoms with E-state index in [4.69, 9.17) is 18.0 Å². The zero-order valence-corrected chi connectivity index (χ0v) is 11.6. The summed E-state index contributed by atoms with van der Waals surface area (Å²) < 4.78 is 0. The molecule has 0 saturated carbocycles. The van der Waals surface area contributed by atoms with Crippen molar-refractivity contribution >= 4 is 23.1 Å². The molecule has 0 aromatic carbocycles. The van der Waals surface area contributed by atoms with Gasteiger partial charge in [0.1, 0.15) is 0 Å². The quantitative estimate of drug-likeness (QED) is 0.739. The Morgan fingerprint density at radius 2 is 2.24 bits per heavy atom. The number of β-amino-alcohol motifs (C(OH)–C–C–N with tert-alkyl or cyclic N) is 1. The van der Waals surface area contributed by atoms with E-state index in [1.807, 2.05) is 13.8 Å². The number of carbonyl (C=O) groups excluding carboxylic acids is 1. The van der Waals surface area contributed by atoms with E-state index in [1.54, 1.807) is 11.8 Å². The number of hydrogen-bond donors (Lipinski definition) is 2. The molecule has 1 heterocycles. The van der Waals surface area contributed by atoms with Crippen LogP contribution < -0.4 is 5.73 Å². The topological polar surface area (TPSA) is 66.6 Å². The molecule has 1 saturated heterocycles. The first-order valence-electron chi connectivity index (χ1n) is 6.10. The van der Waals surface area contributed by atoms with Gasteiger partial charge in [0.25, 0.3) is 0 Å². The number of amides is 1. The van der Waals surface area contributed by atoms with Crippen LogP contribution in [0.1, 0.15) is 33.6 Å². The second-order valence-corrected chi connectivity index (χ2v) is 5.57. The van der Waals surface area contributed by atoms with Crippen LogP contribution in [0.15, 0.2) is 0 Å². The average Bonchev–Trinajstić information content (AvgIpc) is 2.30. The van der Waals surface area contributed by atoms with E-state index in [-0.39, 0.29) is 16.8 Å². The predicted octanol–water partition coefficient (Wildman–Crippen LogP) is 0.918. The van der Waals surface area contributed by atoms with Gasteiger partial charge >= 0.3 is 0 Å². The summed E-state index contributed by atoms with van der Waals surface area (Å²) in [7, 11) is 0. The molecule has 0 aromatic heterocycles. The van der Waals surface area contributed by atoms with Crippen LogP contribution in [-0.4, -0.2) is 40.1 Å². The van der Waals surface area contributed by atoms with Crippen LogP contribution >= 0.6 is 12.2 Å². The molecule has 3 N–H and O–H groups in total. The predicted molar refractivity (Wildman–Crippen MR) is 71.6 cm³/mol. The first-order chi connectivity index (χ1) is 7.82. The number of carbonyl (C=O) groups is 1. The summed E-state index contributed by atoms with van der Waals surface area (Å²) in [6.45, 7) is 6.74. The molecule has 1 rings (SSSR count). The molecule has 1 aliphatic heterocycles. The summed E-state index contributed by atoms with van der Waals surface area (Å²) in [6, 6.07) is 0. The Labute approximate surface area is 108 Å². The van der Waals surface area contributed by atoms with Gasteiger partial charge < -0.3 is 15.7 Å². The van der Waals surface area contributed by atoms with Crippen LogP contribution in [0.3, 0.4) is 0 Å². The molecule has 98 valence electrons. The lowest BCUT2D eigenvalue weighted by molar-refractivity contribution is -0.142. The lowest BCUT2D eigenvalue weighted by atomic mass is 9.84. The van der Waals surface area contributed by atoms with E-state index in [1.165, 1.54) is 0 Å². The zero-order valence-electron chi connectivity index (χ0n) is 10.8. The molecule has 0 radical (unpaired) electrons. The van der Waals surface area contributed by atoms with Gasteiger partial charge in [-0.15, -0.1) is 0 Å². The molecule has 0 spiro atoms. The molecule has 0 aliphatic carbocycles. The lowest BCUT2D eigenvalue weighted by Gasteiger charge is -2.39. The van der Waals surface area contributed by atoms with Crippen molar-refractivity contribution in [1.82, 2.24) is 4.90 Å². The van der Waals surface area contributed by atoms with Crippen molar-refractivity contribution in [2.45, 2.75) is 39.7 Å². The van der Waals surface area contributed by atoms with Gasteiger partial charge in [0.2, 0.25) is 5.91 Å². The summed E-state index contributed by atoms with van der Waals surface area (Å²) >= 11 is 5.00. The fourth-order valence-corrected chi connectivity index (χ4v) is 2.24. The Morgan fingerprint density at radius 1 is 1.65 bits per heavy atom. The van der Waals surface area contributed by atoms with E-state index < -0.39 is 11.5 Å². The van der Waals surface area contributed by atoms with Crippen LogP contribution in [0.25, 0.3) is 0 Å². The number of hydrogen-bond acceptors (Lipinski definition) is 3. The van der Waals surface area contributed by atoms with Crippen LogP contribution in [0.4, 0.5) is 0 Å². The monoisotopic (exact) mass is 258 g/mol. The number of nitrogens with zero attached hydrogens (tertiary/aromatic N) is 1. The molecule has 4 nitrogen and oxygen atoms in total. The Hall–Kier alpha value is -0.680. The average molecular weight is 258 g/mol. The standard InChI is InChI=1S/C12H22N2O2S/c1-4-12(3,10(13)17)11(16)14-6-5-8(2)9(15)7-14/h8-9,15H,4-7H2,1-3H3,(H2,13,17). The highest BCUT2D eigenvalue weighted by Gasteiger charge is 2.40. The first kappa shape index (κ1) is 14.4. The highest BCUT2D eigenvalue weighted by atomic mass is 32.1. The Morgan fingerprint density at radius 3 is 2.65 bits per heavy atom. The zero-order chi connectivity index (χ0) is 13.2. The summed E-state index contributed by atoms with van der Waals surface area (Å²) in [5.41, 5.74) is 4.89. The molecule has 1 aliphatic rings. The maximum absolute atomic E-state index is 12.4. The maximum Gasteiger partial charge on any atom is 0.235 e. The second-order valence-electron chi connectivity index (χ2n) is 5.13. The minimum atomic E-state index is -0.782. The molecular formula is C12H22N2O2S. The molecule has 3 atom stereocenters. The molecule has 17 heavy (non-hydrogen) atoms. The van der Waals surface area contributed by atoms with Crippen LogP contribution in [-0.2, 0) is 4.79 Å². The van der Waals surface area contributed by atoms with Gasteiger partial charge in [-0.2, -0.15) is 0 Å². The van der Waals surface area contributed by atoms with E-state index in [0.717, 1.165) is 6.42 Å². The number of rotatable bonds is 3. The SMILES string of the molecule is CCC(C)(C(=O)N1CCC(C)C(O)C1)C(N)=S. The van der Waals surface area contributed by atoms with Gasteiger partial charge in [0, 0.05) is 13.1 Å². The van der Waals surface area contributed by atoms with Gasteiger partial charge in [0.05, 0.1) is 16.5 Å². The lowest BCUT2D eigenvalue weighted by Crippen LogP contribution is -2.53. The molecule has 0 aromatic rings. The molecule has 0 bridgehead atoms. The number of likely N-dealkylation sites (tertiary alicyclic amines) is 1. The summed E-state index contributed by atoms with van der Waals surface area (Å²) in [6.07, 6.45) is 0.966. The largest absolute Gasteiger partial charge is 0.392 e. The van der Waals surface area contributed by atoms with Crippen molar-refractivity contribution in [2.75, 3.05) is 13.1 Å². The van der Waals surface area contributed by atoms with Gasteiger partial charge in [-0.25, -0.2) is 0 Å². The van der Waals surface area contributed by atoms with Gasteiger partial charge in [-0.1, -0.05) is 26.1 Å². The first-order valence-corrected chi connectivity index (χ1v) is 6.51. The molecule has 1 amide bonds. The molecule has 3 unspecified atom stereocenters. The van der Waals surface area contributed by atoms with Crippen LogP contribution in [0.2, 0.25) is 0 Å². The summed E-state index contributed by atoms with van der Waals surface area (Å²) in [4.78, 5) is 14.3. The number of aliphatic hydroxyl groups excluding tert-OH is 1. The van der Waals surface area contributed by atoms with Gasteiger partial charge in [0.15, 0.2) is 0 Å². The van der Waals surface area contributed by atoms with E-state index in [2.05, 4.69) is 0 Å². The van der Waals surface area contributed by atoms with Crippen LogP contribution in [0.5, 0.6) is 0 Å². The van der Waals surface area contributed by atoms with Gasteiger partial charge in [-0.05, 0) is 25.7 Å². The number of piperidine rings is 1. The third-order valence-corrected chi connectivity index (χ3v) is 4.38. The normalized spacial score (nSPS) is 28.6. The summed E-state index contributed by atoms with van der Waals surface area (Å²) in [5.74, 6) is 0.190. The molecular weight excluding hydrogens is 236 g/mol. The van der Waals surface area contributed by atoms with Crippen molar-refractivity contribution in [1.29, 1.82) is 0 Å². The Balaban J connectivity index is 2.80.